The van der Waals surface area contributed by atoms with Crippen LogP contribution < -0.4 is 10.1 Å². The number of hydrogen-bond donors (Lipinski definition) is 1. The lowest BCUT2D eigenvalue weighted by Crippen LogP contribution is -2.24. The second-order valence-electron chi connectivity index (χ2n) is 7.64. The first-order valence-electron chi connectivity index (χ1n) is 10.5. The third-order valence-electron chi connectivity index (χ3n) is 5.18. The number of aromatic nitrogens is 1. The molecule has 1 N–H and O–H groups in total. The summed E-state index contributed by atoms with van der Waals surface area (Å²) in [5, 5.41) is 2.84. The number of ketones is 2. The smallest absolute Gasteiger partial charge is 0.220 e. The van der Waals surface area contributed by atoms with Gasteiger partial charge in [0.25, 0.3) is 0 Å². The van der Waals surface area contributed by atoms with Crippen LogP contribution in [0.25, 0.3) is 0 Å². The fourth-order valence-corrected chi connectivity index (χ4v) is 4.28. The second-order valence-corrected chi connectivity index (χ2v) is 8.93. The van der Waals surface area contributed by atoms with E-state index in [-0.39, 0.29) is 49.3 Å². The van der Waals surface area contributed by atoms with Crippen LogP contribution in [0.1, 0.15) is 71.5 Å². The van der Waals surface area contributed by atoms with Gasteiger partial charge in [0.05, 0.1) is 4.88 Å². The Morgan fingerprint density at radius 2 is 1.87 bits per heavy atom. The van der Waals surface area contributed by atoms with Crippen molar-refractivity contribution in [3.63, 3.8) is 0 Å². The molecule has 6 nitrogen and oxygen atoms in total. The molecule has 0 spiro atoms. The van der Waals surface area contributed by atoms with Crippen molar-refractivity contribution in [3.05, 3.63) is 45.8 Å². The number of carbonyl (C=O) groups excluding carboxylic acids is 3. The minimum Gasteiger partial charge on any atom is -0.474 e. The second kappa shape index (κ2) is 11.0. The Bertz CT molecular complexity index is 887. The molecular formula is C23H28N2O4S. The van der Waals surface area contributed by atoms with Crippen molar-refractivity contribution < 1.29 is 19.1 Å². The van der Waals surface area contributed by atoms with Crippen LogP contribution in [0.15, 0.2) is 30.5 Å². The largest absolute Gasteiger partial charge is 0.474 e. The lowest BCUT2D eigenvalue weighted by atomic mass is 10.1. The summed E-state index contributed by atoms with van der Waals surface area (Å²) >= 11 is 1.44. The van der Waals surface area contributed by atoms with E-state index in [4.69, 9.17) is 4.74 Å². The predicted molar refractivity (Wildman–Crippen MR) is 116 cm³/mol. The van der Waals surface area contributed by atoms with E-state index in [2.05, 4.69) is 10.3 Å². The molecule has 7 heteroatoms. The van der Waals surface area contributed by atoms with Gasteiger partial charge in [-0.05, 0) is 50.8 Å². The number of carbonyl (C=O) groups is 3. The number of amides is 1. The fourth-order valence-electron chi connectivity index (χ4n) is 3.45. The lowest BCUT2D eigenvalue weighted by molar-refractivity contribution is -0.125. The molecule has 0 aromatic carbocycles. The number of Topliss-reactive ketones (excluding diaryl/α,β-unsaturated/α-hetero) is 2. The Morgan fingerprint density at radius 1 is 1.10 bits per heavy atom. The average molecular weight is 429 g/mol. The van der Waals surface area contributed by atoms with Gasteiger partial charge in [0, 0.05) is 48.9 Å². The van der Waals surface area contributed by atoms with Gasteiger partial charge < -0.3 is 10.1 Å². The zero-order valence-electron chi connectivity index (χ0n) is 17.3. The number of pyridine rings is 1. The van der Waals surface area contributed by atoms with Gasteiger partial charge in [0.15, 0.2) is 5.78 Å². The molecule has 1 aliphatic carbocycles. The maximum Gasteiger partial charge on any atom is 0.220 e. The van der Waals surface area contributed by atoms with Gasteiger partial charge in [-0.15, -0.1) is 11.3 Å². The third-order valence-corrected chi connectivity index (χ3v) is 6.23. The Morgan fingerprint density at radius 3 is 2.60 bits per heavy atom. The lowest BCUT2D eigenvalue weighted by Gasteiger charge is -2.15. The first-order chi connectivity index (χ1) is 14.5. The van der Waals surface area contributed by atoms with E-state index in [9.17, 15) is 14.4 Å². The number of ether oxygens (including phenoxy) is 1. The zero-order chi connectivity index (χ0) is 21.3. The summed E-state index contributed by atoms with van der Waals surface area (Å²) in [7, 11) is 0. The van der Waals surface area contributed by atoms with Crippen LogP contribution in [-0.4, -0.2) is 28.6 Å². The van der Waals surface area contributed by atoms with Gasteiger partial charge in [-0.25, -0.2) is 4.98 Å². The van der Waals surface area contributed by atoms with Crippen molar-refractivity contribution in [2.45, 2.75) is 70.9 Å². The van der Waals surface area contributed by atoms with E-state index in [1.807, 2.05) is 25.1 Å². The number of aryl methyl sites for hydroxylation is 1. The molecule has 1 aliphatic rings. The Hall–Kier alpha value is -2.54. The Kier molecular flexibility index (Phi) is 8.13. The molecule has 30 heavy (non-hydrogen) atoms. The van der Waals surface area contributed by atoms with Gasteiger partial charge >= 0.3 is 0 Å². The van der Waals surface area contributed by atoms with E-state index >= 15 is 0 Å². The first kappa shape index (κ1) is 22.2. The summed E-state index contributed by atoms with van der Waals surface area (Å²) in [4.78, 5) is 42.3. The summed E-state index contributed by atoms with van der Waals surface area (Å²) in [6.45, 7) is 2.26. The molecule has 1 saturated carbocycles. The van der Waals surface area contributed by atoms with Gasteiger partial charge in [-0.1, -0.05) is 6.07 Å². The highest BCUT2D eigenvalue weighted by atomic mass is 32.1. The molecule has 2 aromatic rings. The van der Waals surface area contributed by atoms with Crippen molar-refractivity contribution in [3.8, 4) is 5.88 Å². The quantitative estimate of drug-likeness (QED) is 0.536. The normalized spacial score (nSPS) is 13.9. The molecular weight excluding hydrogens is 400 g/mol. The van der Waals surface area contributed by atoms with Crippen LogP contribution in [0.4, 0.5) is 0 Å². The number of rotatable bonds is 11. The van der Waals surface area contributed by atoms with E-state index < -0.39 is 0 Å². The summed E-state index contributed by atoms with van der Waals surface area (Å²) in [5.74, 6) is 0.290. The van der Waals surface area contributed by atoms with Gasteiger partial charge in [-0.3, -0.25) is 14.4 Å². The van der Waals surface area contributed by atoms with Gasteiger partial charge in [0.2, 0.25) is 11.8 Å². The van der Waals surface area contributed by atoms with Crippen LogP contribution >= 0.6 is 11.3 Å². The topological polar surface area (TPSA) is 85.4 Å². The summed E-state index contributed by atoms with van der Waals surface area (Å²) in [6, 6.07) is 7.40. The zero-order valence-corrected chi connectivity index (χ0v) is 18.1. The summed E-state index contributed by atoms with van der Waals surface area (Å²) < 4.78 is 5.98. The predicted octanol–water partition coefficient (Wildman–Crippen LogP) is 4.40. The monoisotopic (exact) mass is 428 g/mol. The summed E-state index contributed by atoms with van der Waals surface area (Å²) in [5.41, 5.74) is 0.834. The highest BCUT2D eigenvalue weighted by molar-refractivity contribution is 7.14. The van der Waals surface area contributed by atoms with Crippen LogP contribution in [0, 0.1) is 6.92 Å². The van der Waals surface area contributed by atoms with Crippen LogP contribution in [-0.2, 0) is 16.1 Å². The molecule has 2 aromatic heterocycles. The minimum absolute atomic E-state index is 0.0164. The number of hydrogen-bond acceptors (Lipinski definition) is 6. The molecule has 3 rings (SSSR count). The van der Waals surface area contributed by atoms with E-state index in [1.54, 1.807) is 12.3 Å². The molecule has 160 valence electrons. The molecule has 0 saturated heterocycles. The van der Waals surface area contributed by atoms with Crippen LogP contribution in [0.3, 0.4) is 0 Å². The standard InChI is InChI=1S/C23H28N2O4S/c1-16-8-12-21(30-16)20(27)11-9-18(26)10-13-22(28)25-15-17-5-4-14-24-23(17)29-19-6-2-3-7-19/h4-5,8,12,14,19H,2-3,6-7,9-11,13,15H2,1H3,(H,25,28). The minimum atomic E-state index is -0.195. The van der Waals surface area contributed by atoms with Crippen molar-refractivity contribution in [1.29, 1.82) is 0 Å². The van der Waals surface area contributed by atoms with Crippen molar-refractivity contribution in [2.75, 3.05) is 0 Å². The molecule has 1 fully saturated rings. The highest BCUT2D eigenvalue weighted by Gasteiger charge is 2.19. The van der Waals surface area contributed by atoms with Crippen LogP contribution in [0.2, 0.25) is 0 Å². The highest BCUT2D eigenvalue weighted by Crippen LogP contribution is 2.25. The van der Waals surface area contributed by atoms with E-state index in [0.29, 0.717) is 17.3 Å². The van der Waals surface area contributed by atoms with Gasteiger partial charge in [-0.2, -0.15) is 0 Å². The van der Waals surface area contributed by atoms with Gasteiger partial charge in [0.1, 0.15) is 11.9 Å². The van der Waals surface area contributed by atoms with E-state index in [1.165, 1.54) is 24.2 Å². The molecule has 0 aliphatic heterocycles. The molecule has 0 bridgehead atoms. The SMILES string of the molecule is Cc1ccc(C(=O)CCC(=O)CCC(=O)NCc2cccnc2OC2CCCC2)s1. The molecule has 1 amide bonds. The average Bonchev–Trinajstić information content (AvgIpc) is 3.41. The number of nitrogens with zero attached hydrogens (tertiary/aromatic N) is 1. The van der Waals surface area contributed by atoms with Crippen molar-refractivity contribution in [2.24, 2.45) is 0 Å². The third kappa shape index (κ3) is 6.76. The summed E-state index contributed by atoms with van der Waals surface area (Å²) in [6.07, 6.45) is 6.94. The molecule has 0 atom stereocenters. The maximum absolute atomic E-state index is 12.1. The molecule has 2 heterocycles. The van der Waals surface area contributed by atoms with Crippen molar-refractivity contribution in [1.82, 2.24) is 10.3 Å². The van der Waals surface area contributed by atoms with Crippen LogP contribution in [0.5, 0.6) is 5.88 Å². The molecule has 0 radical (unpaired) electrons. The molecule has 0 unspecified atom stereocenters. The fraction of sp³-hybridized carbons (Fsp3) is 0.478. The number of thiophene rings is 1. The van der Waals surface area contributed by atoms with Crippen molar-refractivity contribution >= 4 is 28.8 Å². The first-order valence-corrected chi connectivity index (χ1v) is 11.3. The Balaban J connectivity index is 1.37. The maximum atomic E-state index is 12.1. The Labute approximate surface area is 181 Å². The van der Waals surface area contributed by atoms with E-state index in [0.717, 1.165) is 23.3 Å². The number of nitrogens with one attached hydrogen (secondary N) is 1.